The van der Waals surface area contributed by atoms with E-state index in [-0.39, 0.29) is 11.9 Å². The first-order chi connectivity index (χ1) is 7.24. The fraction of sp³-hybridized carbons (Fsp3) is 0.917. The smallest absolute Gasteiger partial charge is 0.308 e. The lowest BCUT2D eigenvalue weighted by molar-refractivity contribution is -0.146. The van der Waals surface area contributed by atoms with E-state index in [4.69, 9.17) is 10.5 Å². The average molecular weight is 213 g/mol. The van der Waals surface area contributed by atoms with Gasteiger partial charge in [0.1, 0.15) is 0 Å². The fourth-order valence-corrected chi connectivity index (χ4v) is 2.29. The third-order valence-electron chi connectivity index (χ3n) is 3.29. The van der Waals surface area contributed by atoms with E-state index in [1.807, 2.05) is 0 Å². The number of methoxy groups -OCH3 is 1. The SMILES string of the molecule is COC(=O)C1CCCCCC(N)CCC1. The lowest BCUT2D eigenvalue weighted by atomic mass is 9.91. The van der Waals surface area contributed by atoms with E-state index in [2.05, 4.69) is 0 Å². The molecule has 1 rings (SSSR count). The van der Waals surface area contributed by atoms with Gasteiger partial charge in [-0.15, -0.1) is 0 Å². The molecule has 1 aliphatic rings. The van der Waals surface area contributed by atoms with Crippen LogP contribution >= 0.6 is 0 Å². The molecule has 3 heteroatoms. The summed E-state index contributed by atoms with van der Waals surface area (Å²) in [6, 6.07) is 0.335. The molecule has 0 aliphatic heterocycles. The van der Waals surface area contributed by atoms with Crippen LogP contribution in [0.5, 0.6) is 0 Å². The van der Waals surface area contributed by atoms with E-state index < -0.39 is 0 Å². The van der Waals surface area contributed by atoms with Crippen molar-refractivity contribution in [3.05, 3.63) is 0 Å². The minimum Gasteiger partial charge on any atom is -0.469 e. The molecule has 0 spiro atoms. The van der Waals surface area contributed by atoms with Gasteiger partial charge in [-0.1, -0.05) is 25.7 Å². The molecule has 88 valence electrons. The largest absolute Gasteiger partial charge is 0.469 e. The predicted molar refractivity (Wildman–Crippen MR) is 60.4 cm³/mol. The Morgan fingerprint density at radius 2 is 1.67 bits per heavy atom. The van der Waals surface area contributed by atoms with Crippen LogP contribution in [0.25, 0.3) is 0 Å². The van der Waals surface area contributed by atoms with Gasteiger partial charge in [0.25, 0.3) is 0 Å². The molecule has 2 atom stereocenters. The van der Waals surface area contributed by atoms with Crippen LogP contribution in [0, 0.1) is 5.92 Å². The maximum atomic E-state index is 11.5. The highest BCUT2D eigenvalue weighted by molar-refractivity contribution is 5.72. The number of ether oxygens (including phenoxy) is 1. The highest BCUT2D eigenvalue weighted by Crippen LogP contribution is 2.21. The summed E-state index contributed by atoms with van der Waals surface area (Å²) in [4.78, 5) is 11.5. The maximum absolute atomic E-state index is 11.5. The summed E-state index contributed by atoms with van der Waals surface area (Å²) in [6.45, 7) is 0. The number of carbonyl (C=O) groups excluding carboxylic acids is 1. The van der Waals surface area contributed by atoms with Gasteiger partial charge < -0.3 is 10.5 Å². The van der Waals surface area contributed by atoms with Crippen LogP contribution in [0.2, 0.25) is 0 Å². The Morgan fingerprint density at radius 1 is 1.07 bits per heavy atom. The molecule has 0 aromatic carbocycles. The summed E-state index contributed by atoms with van der Waals surface area (Å²) in [6.07, 6.45) is 8.71. The molecule has 1 saturated carbocycles. The first kappa shape index (κ1) is 12.5. The summed E-state index contributed by atoms with van der Waals surface area (Å²) >= 11 is 0. The van der Waals surface area contributed by atoms with Gasteiger partial charge in [0.15, 0.2) is 0 Å². The molecule has 2 unspecified atom stereocenters. The van der Waals surface area contributed by atoms with Crippen molar-refractivity contribution in [3.8, 4) is 0 Å². The summed E-state index contributed by atoms with van der Waals surface area (Å²) in [5.74, 6) is 0.0736. The van der Waals surface area contributed by atoms with Crippen LogP contribution in [0.4, 0.5) is 0 Å². The van der Waals surface area contributed by atoms with Crippen molar-refractivity contribution in [2.24, 2.45) is 11.7 Å². The van der Waals surface area contributed by atoms with Crippen LogP contribution in [-0.2, 0) is 9.53 Å². The van der Waals surface area contributed by atoms with Gasteiger partial charge in [-0.2, -0.15) is 0 Å². The van der Waals surface area contributed by atoms with E-state index in [0.29, 0.717) is 6.04 Å². The fourth-order valence-electron chi connectivity index (χ4n) is 2.29. The number of nitrogens with two attached hydrogens (primary N) is 1. The second-order valence-electron chi connectivity index (χ2n) is 4.55. The van der Waals surface area contributed by atoms with Crippen molar-refractivity contribution in [2.45, 2.75) is 57.4 Å². The topological polar surface area (TPSA) is 52.3 Å². The number of rotatable bonds is 1. The van der Waals surface area contributed by atoms with Crippen molar-refractivity contribution in [1.29, 1.82) is 0 Å². The molecule has 0 aromatic heterocycles. The zero-order chi connectivity index (χ0) is 11.1. The molecule has 3 nitrogen and oxygen atoms in total. The standard InChI is InChI=1S/C12H23NO2/c1-15-12(14)10-6-3-2-4-8-11(13)9-5-7-10/h10-11H,2-9,13H2,1H3. The average Bonchev–Trinajstić information content (AvgIpc) is 2.25. The van der Waals surface area contributed by atoms with Gasteiger partial charge in [0, 0.05) is 6.04 Å². The van der Waals surface area contributed by atoms with Gasteiger partial charge in [0.05, 0.1) is 13.0 Å². The lowest BCUT2D eigenvalue weighted by Gasteiger charge is -2.18. The van der Waals surface area contributed by atoms with Crippen molar-refractivity contribution < 1.29 is 9.53 Å². The molecule has 0 heterocycles. The Morgan fingerprint density at radius 3 is 2.40 bits per heavy atom. The monoisotopic (exact) mass is 213 g/mol. The van der Waals surface area contributed by atoms with Gasteiger partial charge in [-0.25, -0.2) is 0 Å². The van der Waals surface area contributed by atoms with Crippen molar-refractivity contribution in [2.75, 3.05) is 7.11 Å². The zero-order valence-electron chi connectivity index (χ0n) is 9.71. The number of hydrogen-bond acceptors (Lipinski definition) is 3. The second-order valence-corrected chi connectivity index (χ2v) is 4.55. The van der Waals surface area contributed by atoms with Gasteiger partial charge >= 0.3 is 5.97 Å². The van der Waals surface area contributed by atoms with Crippen LogP contribution < -0.4 is 5.73 Å². The summed E-state index contributed by atoms with van der Waals surface area (Å²) in [5.41, 5.74) is 5.96. The third-order valence-corrected chi connectivity index (χ3v) is 3.29. The predicted octanol–water partition coefficient (Wildman–Crippen LogP) is 2.24. The van der Waals surface area contributed by atoms with Crippen LogP contribution in [-0.4, -0.2) is 19.1 Å². The first-order valence-electron chi connectivity index (χ1n) is 6.07. The Kier molecular flexibility index (Phi) is 5.69. The Labute approximate surface area is 92.4 Å². The van der Waals surface area contributed by atoms with Crippen molar-refractivity contribution >= 4 is 5.97 Å². The highest BCUT2D eigenvalue weighted by Gasteiger charge is 2.19. The Bertz CT molecular complexity index is 194. The minimum absolute atomic E-state index is 0.0378. The summed E-state index contributed by atoms with van der Waals surface area (Å²) < 4.78 is 4.81. The van der Waals surface area contributed by atoms with E-state index >= 15 is 0 Å². The molecule has 2 N–H and O–H groups in total. The summed E-state index contributed by atoms with van der Waals surface area (Å²) in [7, 11) is 1.48. The molecular formula is C12H23NO2. The first-order valence-corrected chi connectivity index (χ1v) is 6.07. The lowest BCUT2D eigenvalue weighted by Crippen LogP contribution is -2.22. The molecule has 0 radical (unpaired) electrons. The zero-order valence-corrected chi connectivity index (χ0v) is 9.71. The van der Waals surface area contributed by atoms with Crippen LogP contribution in [0.15, 0.2) is 0 Å². The normalized spacial score (nSPS) is 29.5. The number of esters is 1. The van der Waals surface area contributed by atoms with E-state index in [0.717, 1.165) is 38.5 Å². The highest BCUT2D eigenvalue weighted by atomic mass is 16.5. The summed E-state index contributed by atoms with van der Waals surface area (Å²) in [5, 5.41) is 0. The van der Waals surface area contributed by atoms with Gasteiger partial charge in [-0.3, -0.25) is 4.79 Å². The molecule has 0 bridgehead atoms. The molecule has 0 saturated heterocycles. The number of carbonyl (C=O) groups is 1. The van der Waals surface area contributed by atoms with Crippen molar-refractivity contribution in [3.63, 3.8) is 0 Å². The Hall–Kier alpha value is -0.570. The molecule has 1 fully saturated rings. The second kappa shape index (κ2) is 6.83. The molecular weight excluding hydrogens is 190 g/mol. The van der Waals surface area contributed by atoms with Gasteiger partial charge in [0.2, 0.25) is 0 Å². The Balaban J connectivity index is 2.40. The molecule has 0 aromatic rings. The van der Waals surface area contributed by atoms with E-state index in [1.54, 1.807) is 0 Å². The molecule has 1 aliphatic carbocycles. The van der Waals surface area contributed by atoms with Crippen molar-refractivity contribution in [1.82, 2.24) is 0 Å². The maximum Gasteiger partial charge on any atom is 0.308 e. The molecule has 0 amide bonds. The quantitative estimate of drug-likeness (QED) is 0.680. The number of hydrogen-bond donors (Lipinski definition) is 1. The van der Waals surface area contributed by atoms with Crippen LogP contribution in [0.3, 0.4) is 0 Å². The molecule has 15 heavy (non-hydrogen) atoms. The minimum atomic E-state index is -0.0378. The van der Waals surface area contributed by atoms with E-state index in [9.17, 15) is 4.79 Å². The third kappa shape index (κ3) is 4.65. The van der Waals surface area contributed by atoms with Gasteiger partial charge in [-0.05, 0) is 25.7 Å². The van der Waals surface area contributed by atoms with E-state index in [1.165, 1.54) is 20.0 Å². The van der Waals surface area contributed by atoms with Crippen LogP contribution in [0.1, 0.15) is 51.4 Å².